The molecule has 3 rings (SSSR count). The minimum absolute atomic E-state index is 0.174. The molecule has 0 saturated heterocycles. The van der Waals surface area contributed by atoms with Crippen molar-refractivity contribution >= 4 is 17.3 Å². The molecule has 3 aromatic rings. The number of benzene rings is 2. The van der Waals surface area contributed by atoms with E-state index >= 15 is 0 Å². The van der Waals surface area contributed by atoms with E-state index in [1.165, 1.54) is 6.07 Å². The van der Waals surface area contributed by atoms with Crippen LogP contribution in [0, 0.1) is 17.0 Å². The molecule has 8 nitrogen and oxygen atoms in total. The van der Waals surface area contributed by atoms with Gasteiger partial charge in [0.1, 0.15) is 11.4 Å². The largest absolute Gasteiger partial charge is 0.496 e. The molecular formula is C23H24N4O4. The van der Waals surface area contributed by atoms with E-state index in [0.717, 1.165) is 22.6 Å². The van der Waals surface area contributed by atoms with Gasteiger partial charge in [0, 0.05) is 24.4 Å². The van der Waals surface area contributed by atoms with Crippen LogP contribution in [0.15, 0.2) is 60.8 Å². The average molecular weight is 420 g/mol. The molecule has 1 aromatic heterocycles. The maximum atomic E-state index is 12.6. The second-order valence-corrected chi connectivity index (χ2v) is 7.10. The number of nitrogens with one attached hydrogen (secondary N) is 2. The quantitative estimate of drug-likeness (QED) is 0.413. The minimum Gasteiger partial charge on any atom is -0.496 e. The van der Waals surface area contributed by atoms with Crippen LogP contribution in [0.4, 0.5) is 11.4 Å². The van der Waals surface area contributed by atoms with Crippen molar-refractivity contribution in [1.29, 1.82) is 0 Å². The van der Waals surface area contributed by atoms with Crippen molar-refractivity contribution in [2.75, 3.05) is 12.4 Å². The predicted molar refractivity (Wildman–Crippen MR) is 118 cm³/mol. The summed E-state index contributed by atoms with van der Waals surface area (Å²) in [6.07, 6.45) is 1.67. The number of anilines is 1. The van der Waals surface area contributed by atoms with Gasteiger partial charge in [-0.2, -0.15) is 0 Å². The third-order valence-corrected chi connectivity index (χ3v) is 4.89. The molecule has 160 valence electrons. The smallest absolute Gasteiger partial charge is 0.293 e. The van der Waals surface area contributed by atoms with Crippen molar-refractivity contribution in [3.05, 3.63) is 93.3 Å². The lowest BCUT2D eigenvalue weighted by Gasteiger charge is -2.15. The fraction of sp³-hybridized carbons (Fsp3) is 0.217. The number of nitro benzene ring substituents is 1. The van der Waals surface area contributed by atoms with Crippen LogP contribution >= 0.6 is 0 Å². The zero-order valence-electron chi connectivity index (χ0n) is 17.6. The maximum Gasteiger partial charge on any atom is 0.293 e. The van der Waals surface area contributed by atoms with Crippen molar-refractivity contribution in [2.45, 2.75) is 26.4 Å². The Morgan fingerprint density at radius 2 is 2.00 bits per heavy atom. The molecule has 0 saturated carbocycles. The van der Waals surface area contributed by atoms with Crippen LogP contribution in [0.3, 0.4) is 0 Å². The molecule has 2 aromatic carbocycles. The Morgan fingerprint density at radius 1 is 1.19 bits per heavy atom. The molecule has 31 heavy (non-hydrogen) atoms. The van der Waals surface area contributed by atoms with E-state index in [2.05, 4.69) is 15.6 Å². The number of carbonyl (C=O) groups is 1. The first-order valence-electron chi connectivity index (χ1n) is 9.76. The third kappa shape index (κ3) is 5.36. The van der Waals surface area contributed by atoms with Crippen LogP contribution in [0.1, 0.15) is 40.1 Å². The van der Waals surface area contributed by atoms with Crippen LogP contribution in [0.25, 0.3) is 0 Å². The summed E-state index contributed by atoms with van der Waals surface area (Å²) >= 11 is 0. The van der Waals surface area contributed by atoms with Crippen molar-refractivity contribution < 1.29 is 14.5 Å². The van der Waals surface area contributed by atoms with Gasteiger partial charge in [-0.1, -0.05) is 18.2 Å². The fourth-order valence-corrected chi connectivity index (χ4v) is 3.14. The number of aryl methyl sites for hydroxylation is 1. The standard InChI is InChI=1S/C23H24N4O4/c1-15-7-8-17(12-22(15)31-3)14-25-23(28)18-9-10-20(21(13-18)27(29)30)26-16(2)19-6-4-5-11-24-19/h4-13,16,26H,14H2,1-3H3,(H,25,28). The lowest BCUT2D eigenvalue weighted by Crippen LogP contribution is -2.23. The number of pyridine rings is 1. The number of hydrogen-bond acceptors (Lipinski definition) is 6. The number of methoxy groups -OCH3 is 1. The van der Waals surface area contributed by atoms with Gasteiger partial charge in [-0.05, 0) is 55.3 Å². The number of nitro groups is 1. The molecular weight excluding hydrogens is 396 g/mol. The Kier molecular flexibility index (Phi) is 6.81. The Bertz CT molecular complexity index is 1090. The number of carbonyl (C=O) groups excluding carboxylic acids is 1. The van der Waals surface area contributed by atoms with Crippen LogP contribution in [-0.4, -0.2) is 22.9 Å². The van der Waals surface area contributed by atoms with E-state index in [9.17, 15) is 14.9 Å². The molecule has 2 N–H and O–H groups in total. The second kappa shape index (κ2) is 9.71. The number of aromatic nitrogens is 1. The first kappa shape index (κ1) is 21.8. The Morgan fingerprint density at radius 3 is 2.68 bits per heavy atom. The summed E-state index contributed by atoms with van der Waals surface area (Å²) in [5, 5.41) is 17.5. The van der Waals surface area contributed by atoms with Gasteiger partial charge in [0.25, 0.3) is 11.6 Å². The lowest BCUT2D eigenvalue weighted by atomic mass is 10.1. The molecule has 1 atom stereocenters. The number of rotatable bonds is 8. The maximum absolute atomic E-state index is 12.6. The molecule has 0 aliphatic heterocycles. The summed E-state index contributed by atoms with van der Waals surface area (Å²) in [7, 11) is 1.59. The van der Waals surface area contributed by atoms with Gasteiger partial charge in [-0.15, -0.1) is 0 Å². The van der Waals surface area contributed by atoms with E-state index in [0.29, 0.717) is 5.69 Å². The molecule has 0 bridgehead atoms. The highest BCUT2D eigenvalue weighted by molar-refractivity contribution is 5.95. The monoisotopic (exact) mass is 420 g/mol. The van der Waals surface area contributed by atoms with Crippen LogP contribution in [0.2, 0.25) is 0 Å². The van der Waals surface area contributed by atoms with Crippen molar-refractivity contribution in [2.24, 2.45) is 0 Å². The predicted octanol–water partition coefficient (Wildman–Crippen LogP) is 4.41. The zero-order chi connectivity index (χ0) is 22.4. The lowest BCUT2D eigenvalue weighted by molar-refractivity contribution is -0.384. The van der Waals surface area contributed by atoms with E-state index < -0.39 is 10.8 Å². The number of ether oxygens (including phenoxy) is 1. The van der Waals surface area contributed by atoms with Crippen molar-refractivity contribution in [3.63, 3.8) is 0 Å². The van der Waals surface area contributed by atoms with Crippen LogP contribution in [-0.2, 0) is 6.54 Å². The molecule has 8 heteroatoms. The van der Waals surface area contributed by atoms with Gasteiger partial charge in [-0.3, -0.25) is 19.9 Å². The normalized spacial score (nSPS) is 11.5. The Hall–Kier alpha value is -3.94. The van der Waals surface area contributed by atoms with Crippen LogP contribution < -0.4 is 15.4 Å². The summed E-state index contributed by atoms with van der Waals surface area (Å²) in [4.78, 5) is 27.9. The summed E-state index contributed by atoms with van der Waals surface area (Å²) in [6.45, 7) is 4.08. The van der Waals surface area contributed by atoms with Gasteiger partial charge in [0.15, 0.2) is 0 Å². The van der Waals surface area contributed by atoms with Crippen LogP contribution in [0.5, 0.6) is 5.75 Å². The third-order valence-electron chi connectivity index (χ3n) is 4.89. The van der Waals surface area contributed by atoms with E-state index in [1.807, 2.05) is 44.2 Å². The minimum atomic E-state index is -0.505. The fourth-order valence-electron chi connectivity index (χ4n) is 3.14. The number of amides is 1. The summed E-state index contributed by atoms with van der Waals surface area (Å²) < 4.78 is 5.30. The highest BCUT2D eigenvalue weighted by atomic mass is 16.6. The first-order chi connectivity index (χ1) is 14.9. The van der Waals surface area contributed by atoms with E-state index in [-0.39, 0.29) is 23.8 Å². The molecule has 1 unspecified atom stereocenters. The van der Waals surface area contributed by atoms with Gasteiger partial charge >= 0.3 is 0 Å². The molecule has 1 heterocycles. The van der Waals surface area contributed by atoms with E-state index in [1.54, 1.807) is 31.5 Å². The average Bonchev–Trinajstić information content (AvgIpc) is 2.78. The molecule has 0 spiro atoms. The topological polar surface area (TPSA) is 106 Å². The van der Waals surface area contributed by atoms with Gasteiger partial charge in [0.05, 0.1) is 23.8 Å². The molecule has 0 fully saturated rings. The van der Waals surface area contributed by atoms with Gasteiger partial charge in [-0.25, -0.2) is 0 Å². The SMILES string of the molecule is COc1cc(CNC(=O)c2ccc(NC(C)c3ccccn3)c([N+](=O)[O-])c2)ccc1C. The first-order valence-corrected chi connectivity index (χ1v) is 9.76. The Labute approximate surface area is 180 Å². The zero-order valence-corrected chi connectivity index (χ0v) is 17.6. The Balaban J connectivity index is 1.74. The summed E-state index contributed by atoms with van der Waals surface area (Å²) in [6, 6.07) is 15.3. The number of nitrogens with zero attached hydrogens (tertiary/aromatic N) is 2. The summed E-state index contributed by atoms with van der Waals surface area (Å²) in [5.74, 6) is 0.340. The molecule has 1 amide bonds. The molecule has 0 aliphatic carbocycles. The highest BCUT2D eigenvalue weighted by Gasteiger charge is 2.19. The van der Waals surface area contributed by atoms with E-state index in [4.69, 9.17) is 4.74 Å². The van der Waals surface area contributed by atoms with Gasteiger partial charge in [0.2, 0.25) is 0 Å². The number of hydrogen-bond donors (Lipinski definition) is 2. The molecule has 0 aliphatic rings. The van der Waals surface area contributed by atoms with Crippen molar-refractivity contribution in [1.82, 2.24) is 10.3 Å². The summed E-state index contributed by atoms with van der Waals surface area (Å²) in [5.41, 5.74) is 2.98. The van der Waals surface area contributed by atoms with Crippen molar-refractivity contribution in [3.8, 4) is 5.75 Å². The second-order valence-electron chi connectivity index (χ2n) is 7.10. The highest BCUT2D eigenvalue weighted by Crippen LogP contribution is 2.29. The molecule has 0 radical (unpaired) electrons. The van der Waals surface area contributed by atoms with Gasteiger partial charge < -0.3 is 15.4 Å².